The number of hydrogen-bond donors (Lipinski definition) is 1. The van der Waals surface area contributed by atoms with Crippen LogP contribution in [0.1, 0.15) is 37.3 Å². The zero-order valence-corrected chi connectivity index (χ0v) is 12.9. The average Bonchev–Trinajstić information content (AvgIpc) is 2.41. The number of piperazine rings is 1. The zero-order valence-electron chi connectivity index (χ0n) is 12.1. The maximum Gasteiger partial charge on any atom is 0.127 e. The van der Waals surface area contributed by atoms with Crippen molar-refractivity contribution in [2.45, 2.75) is 51.2 Å². The van der Waals surface area contributed by atoms with Crippen molar-refractivity contribution in [1.82, 2.24) is 10.2 Å². The largest absolute Gasteiger partial charge is 0.309 e. The number of halogens is 2. The molecule has 0 radical (unpaired) electrons. The second-order valence-corrected chi connectivity index (χ2v) is 5.92. The van der Waals surface area contributed by atoms with Crippen LogP contribution in [0.2, 0.25) is 0 Å². The maximum absolute atomic E-state index is 14.0. The summed E-state index contributed by atoms with van der Waals surface area (Å²) in [6.45, 7) is 5.00. The van der Waals surface area contributed by atoms with Gasteiger partial charge in [0.2, 0.25) is 0 Å². The van der Waals surface area contributed by atoms with Gasteiger partial charge in [-0.3, -0.25) is 4.90 Å². The molecule has 1 aromatic carbocycles. The van der Waals surface area contributed by atoms with Crippen molar-refractivity contribution >= 4 is 12.4 Å². The van der Waals surface area contributed by atoms with Gasteiger partial charge in [0.25, 0.3) is 0 Å². The molecule has 2 nitrogen and oxygen atoms in total. The summed E-state index contributed by atoms with van der Waals surface area (Å²) in [5, 5.41) is 3.68. The van der Waals surface area contributed by atoms with Crippen molar-refractivity contribution in [2.75, 3.05) is 13.1 Å². The normalized spacial score (nSPS) is 26.1. The summed E-state index contributed by atoms with van der Waals surface area (Å²) in [4.78, 5) is 2.43. The predicted octanol–water partition coefficient (Wildman–Crippen LogP) is 3.14. The molecular formula is C16H24ClFN2. The van der Waals surface area contributed by atoms with Gasteiger partial charge in [-0.05, 0) is 30.9 Å². The molecule has 2 fully saturated rings. The SMILES string of the molecule is CCc1cccc(F)c1CN1CC2CCCC(C1)N2.Cl. The van der Waals surface area contributed by atoms with Crippen molar-refractivity contribution in [3.8, 4) is 0 Å². The highest BCUT2D eigenvalue weighted by atomic mass is 35.5. The molecule has 0 aromatic heterocycles. The van der Waals surface area contributed by atoms with Crippen LogP contribution in [0.5, 0.6) is 0 Å². The standard InChI is InChI=1S/C16H23FN2.ClH/c1-2-12-5-3-8-16(17)15(12)11-19-9-13-6-4-7-14(10-19)18-13;/h3,5,8,13-14,18H,2,4,6-7,9-11H2,1H3;1H. The third-order valence-corrected chi connectivity index (χ3v) is 4.51. The highest BCUT2D eigenvalue weighted by Gasteiger charge is 2.30. The highest BCUT2D eigenvalue weighted by molar-refractivity contribution is 5.85. The van der Waals surface area contributed by atoms with Crippen molar-refractivity contribution in [3.05, 3.63) is 35.1 Å². The van der Waals surface area contributed by atoms with Crippen molar-refractivity contribution in [3.63, 3.8) is 0 Å². The Morgan fingerprint density at radius 2 is 1.95 bits per heavy atom. The number of hydrogen-bond acceptors (Lipinski definition) is 2. The lowest BCUT2D eigenvalue weighted by Crippen LogP contribution is -2.58. The average molecular weight is 299 g/mol. The lowest BCUT2D eigenvalue weighted by Gasteiger charge is -2.42. The van der Waals surface area contributed by atoms with E-state index >= 15 is 0 Å². The van der Waals surface area contributed by atoms with Crippen LogP contribution in [-0.4, -0.2) is 30.1 Å². The second-order valence-electron chi connectivity index (χ2n) is 5.92. The van der Waals surface area contributed by atoms with Gasteiger partial charge in [0.15, 0.2) is 0 Å². The van der Waals surface area contributed by atoms with E-state index in [0.717, 1.165) is 37.2 Å². The van der Waals surface area contributed by atoms with Gasteiger partial charge in [0, 0.05) is 37.3 Å². The molecule has 3 rings (SSSR count). The summed E-state index contributed by atoms with van der Waals surface area (Å²) in [7, 11) is 0. The first-order valence-electron chi connectivity index (χ1n) is 7.51. The summed E-state index contributed by atoms with van der Waals surface area (Å²) in [5.41, 5.74) is 2.06. The molecule has 4 heteroatoms. The van der Waals surface area contributed by atoms with Crippen LogP contribution >= 0.6 is 12.4 Å². The van der Waals surface area contributed by atoms with Crippen LogP contribution in [0.25, 0.3) is 0 Å². The molecule has 0 saturated carbocycles. The molecule has 2 aliphatic rings. The molecule has 2 atom stereocenters. The summed E-state index contributed by atoms with van der Waals surface area (Å²) >= 11 is 0. The third-order valence-electron chi connectivity index (χ3n) is 4.51. The van der Waals surface area contributed by atoms with Gasteiger partial charge >= 0.3 is 0 Å². The number of rotatable bonds is 3. The molecule has 2 bridgehead atoms. The predicted molar refractivity (Wildman–Crippen MR) is 82.9 cm³/mol. The van der Waals surface area contributed by atoms with Crippen molar-refractivity contribution in [2.24, 2.45) is 0 Å². The Morgan fingerprint density at radius 1 is 1.25 bits per heavy atom. The van der Waals surface area contributed by atoms with Crippen molar-refractivity contribution < 1.29 is 4.39 Å². The lowest BCUT2D eigenvalue weighted by molar-refractivity contribution is 0.118. The Labute approximate surface area is 127 Å². The van der Waals surface area contributed by atoms with Crippen LogP contribution in [0.3, 0.4) is 0 Å². The van der Waals surface area contributed by atoms with Crippen LogP contribution < -0.4 is 5.32 Å². The first kappa shape index (κ1) is 15.7. The zero-order chi connectivity index (χ0) is 13.2. The Hall–Kier alpha value is -0.640. The van der Waals surface area contributed by atoms with Crippen molar-refractivity contribution in [1.29, 1.82) is 0 Å². The van der Waals surface area contributed by atoms with E-state index in [0.29, 0.717) is 12.1 Å². The number of piperidine rings is 1. The number of fused-ring (bicyclic) bond motifs is 2. The minimum Gasteiger partial charge on any atom is -0.309 e. The number of nitrogens with zero attached hydrogens (tertiary/aromatic N) is 1. The molecule has 0 aliphatic carbocycles. The van der Waals surface area contributed by atoms with Gasteiger partial charge in [-0.15, -0.1) is 12.4 Å². The molecular weight excluding hydrogens is 275 g/mol. The first-order chi connectivity index (χ1) is 9.26. The van der Waals surface area contributed by atoms with Gasteiger partial charge < -0.3 is 5.32 Å². The highest BCUT2D eigenvalue weighted by Crippen LogP contribution is 2.23. The van der Waals surface area contributed by atoms with E-state index in [1.54, 1.807) is 6.07 Å². The third kappa shape index (κ3) is 3.33. The Bertz CT molecular complexity index is 440. The second kappa shape index (κ2) is 6.88. The minimum atomic E-state index is -0.0388. The van der Waals surface area contributed by atoms with Crippen LogP contribution in [0, 0.1) is 5.82 Å². The molecule has 1 aromatic rings. The number of nitrogens with one attached hydrogen (secondary N) is 1. The van der Waals surface area contributed by atoms with Crippen LogP contribution in [0.15, 0.2) is 18.2 Å². The number of benzene rings is 1. The molecule has 112 valence electrons. The smallest absolute Gasteiger partial charge is 0.127 e. The minimum absolute atomic E-state index is 0. The molecule has 20 heavy (non-hydrogen) atoms. The quantitative estimate of drug-likeness (QED) is 0.922. The Kier molecular flexibility index (Phi) is 5.42. The fraction of sp³-hybridized carbons (Fsp3) is 0.625. The monoisotopic (exact) mass is 298 g/mol. The van der Waals surface area contributed by atoms with Gasteiger partial charge in [0.1, 0.15) is 5.82 Å². The Morgan fingerprint density at radius 3 is 2.60 bits per heavy atom. The van der Waals surface area contributed by atoms with Gasteiger partial charge in [-0.1, -0.05) is 25.5 Å². The number of likely N-dealkylation sites (tertiary alicyclic amines) is 1. The summed E-state index contributed by atoms with van der Waals surface area (Å²) < 4.78 is 14.0. The molecule has 2 unspecified atom stereocenters. The summed E-state index contributed by atoms with van der Waals surface area (Å²) in [6, 6.07) is 6.71. The molecule has 2 aliphatic heterocycles. The maximum atomic E-state index is 14.0. The van der Waals surface area contributed by atoms with E-state index in [1.807, 2.05) is 6.07 Å². The topological polar surface area (TPSA) is 15.3 Å². The van der Waals surface area contributed by atoms with Crippen LogP contribution in [0.4, 0.5) is 4.39 Å². The fourth-order valence-electron chi connectivity index (χ4n) is 3.56. The first-order valence-corrected chi connectivity index (χ1v) is 7.51. The van der Waals surface area contributed by atoms with Gasteiger partial charge in [0.05, 0.1) is 0 Å². The Balaban J connectivity index is 0.00000147. The van der Waals surface area contributed by atoms with E-state index in [4.69, 9.17) is 0 Å². The van der Waals surface area contributed by atoms with E-state index < -0.39 is 0 Å². The van der Waals surface area contributed by atoms with Gasteiger partial charge in [-0.2, -0.15) is 0 Å². The van der Waals surface area contributed by atoms with E-state index in [9.17, 15) is 4.39 Å². The lowest BCUT2D eigenvalue weighted by atomic mass is 9.93. The molecule has 2 heterocycles. The molecule has 1 N–H and O–H groups in total. The molecule has 2 saturated heterocycles. The van der Waals surface area contributed by atoms with Gasteiger partial charge in [-0.25, -0.2) is 4.39 Å². The van der Waals surface area contributed by atoms with E-state index in [2.05, 4.69) is 23.2 Å². The fourth-order valence-corrected chi connectivity index (χ4v) is 3.56. The van der Waals surface area contributed by atoms with Crippen LogP contribution in [-0.2, 0) is 13.0 Å². The number of aryl methyl sites for hydroxylation is 1. The van der Waals surface area contributed by atoms with E-state index in [1.165, 1.54) is 19.3 Å². The summed E-state index contributed by atoms with van der Waals surface area (Å²) in [6.07, 6.45) is 4.79. The molecule has 0 amide bonds. The van der Waals surface area contributed by atoms with E-state index in [-0.39, 0.29) is 18.2 Å². The molecule has 0 spiro atoms. The summed E-state index contributed by atoms with van der Waals surface area (Å²) in [5.74, 6) is -0.0388.